The van der Waals surface area contributed by atoms with Crippen LogP contribution in [0, 0.1) is 13.8 Å². The number of aromatic hydroxyl groups is 1. The first-order valence-corrected chi connectivity index (χ1v) is 8.89. The van der Waals surface area contributed by atoms with Gasteiger partial charge in [0.25, 0.3) is 5.91 Å². The average molecular weight is 369 g/mol. The van der Waals surface area contributed by atoms with E-state index in [1.54, 1.807) is 25.7 Å². The summed E-state index contributed by atoms with van der Waals surface area (Å²) in [5, 5.41) is 21.0. The first kappa shape index (κ1) is 18.9. The molecule has 1 amide bonds. The molecule has 0 saturated heterocycles. The van der Waals surface area contributed by atoms with Gasteiger partial charge in [-0.25, -0.2) is 4.79 Å². The van der Waals surface area contributed by atoms with Crippen molar-refractivity contribution < 1.29 is 24.5 Å². The maximum atomic E-state index is 13.0. The molecule has 0 spiro atoms. The fourth-order valence-electron chi connectivity index (χ4n) is 3.58. The average Bonchev–Trinajstić information content (AvgIpc) is 2.97. The summed E-state index contributed by atoms with van der Waals surface area (Å²) >= 11 is 0. The van der Waals surface area contributed by atoms with Crippen LogP contribution in [0.4, 0.5) is 0 Å². The summed E-state index contributed by atoms with van der Waals surface area (Å²) in [6, 6.07) is 9.64. The molecule has 142 valence electrons. The van der Waals surface area contributed by atoms with Gasteiger partial charge in [0.1, 0.15) is 5.75 Å². The third-order valence-corrected chi connectivity index (χ3v) is 4.99. The normalized spacial score (nSPS) is 14.2. The van der Waals surface area contributed by atoms with Gasteiger partial charge in [-0.1, -0.05) is 30.3 Å². The van der Waals surface area contributed by atoms with Crippen LogP contribution in [0.25, 0.3) is 0 Å². The van der Waals surface area contributed by atoms with Crippen molar-refractivity contribution in [1.29, 1.82) is 0 Å². The number of amides is 1. The van der Waals surface area contributed by atoms with E-state index in [9.17, 15) is 19.8 Å². The number of nitrogens with zero attached hydrogens (tertiary/aromatic N) is 1. The van der Waals surface area contributed by atoms with Crippen molar-refractivity contribution in [3.8, 4) is 5.75 Å². The number of phenols is 1. The molecule has 1 heterocycles. The predicted molar refractivity (Wildman–Crippen MR) is 99.2 cm³/mol. The number of phenolic OH excluding ortho intramolecular Hbond substituents is 1. The van der Waals surface area contributed by atoms with Crippen molar-refractivity contribution in [1.82, 2.24) is 4.90 Å². The van der Waals surface area contributed by atoms with Crippen LogP contribution in [-0.4, -0.2) is 33.6 Å². The van der Waals surface area contributed by atoms with Crippen LogP contribution in [-0.2, 0) is 22.6 Å². The number of ether oxygens (including phenoxy) is 1. The zero-order valence-electron chi connectivity index (χ0n) is 15.7. The number of hydrogen-bond donors (Lipinski definition) is 2. The molecule has 0 radical (unpaired) electrons. The highest BCUT2D eigenvalue weighted by Gasteiger charge is 2.36. The van der Waals surface area contributed by atoms with E-state index >= 15 is 0 Å². The van der Waals surface area contributed by atoms with Gasteiger partial charge < -0.3 is 19.8 Å². The Kier molecular flexibility index (Phi) is 5.19. The molecule has 1 aliphatic heterocycles. The molecule has 1 aliphatic rings. The van der Waals surface area contributed by atoms with Crippen molar-refractivity contribution in [2.24, 2.45) is 0 Å². The number of carbonyl (C=O) groups excluding carboxylic acids is 2. The molecule has 6 nitrogen and oxygen atoms in total. The lowest BCUT2D eigenvalue weighted by Crippen LogP contribution is -2.24. The number of esters is 1. The Balaban J connectivity index is 2.00. The Labute approximate surface area is 158 Å². The third-order valence-electron chi connectivity index (χ3n) is 4.99. The second-order valence-electron chi connectivity index (χ2n) is 6.67. The van der Waals surface area contributed by atoms with Gasteiger partial charge in [0, 0.05) is 24.2 Å². The van der Waals surface area contributed by atoms with E-state index in [0.717, 1.165) is 11.1 Å². The summed E-state index contributed by atoms with van der Waals surface area (Å²) in [4.78, 5) is 26.7. The number of aliphatic hydroxyl groups is 1. The molecule has 0 aliphatic carbocycles. The largest absolute Gasteiger partial charge is 0.507 e. The molecule has 2 aromatic carbocycles. The summed E-state index contributed by atoms with van der Waals surface area (Å²) in [6.07, 6.45) is -1.63. The smallest absolute Gasteiger partial charge is 0.339 e. The van der Waals surface area contributed by atoms with Gasteiger partial charge in [-0.05, 0) is 43.0 Å². The molecular formula is C21H23NO5. The molecule has 0 saturated carbocycles. The molecule has 3 rings (SSSR count). The number of benzene rings is 2. The number of rotatable bonds is 5. The minimum Gasteiger partial charge on any atom is -0.507 e. The number of fused-ring (bicyclic) bond motifs is 1. The molecule has 0 aromatic heterocycles. The Morgan fingerprint density at radius 1 is 1.22 bits per heavy atom. The molecular weight excluding hydrogens is 346 g/mol. The quantitative estimate of drug-likeness (QED) is 0.792. The molecule has 2 N–H and O–H groups in total. The first-order valence-electron chi connectivity index (χ1n) is 8.89. The Hall–Kier alpha value is -2.86. The number of aliphatic hydroxyl groups excluding tert-OH is 1. The molecule has 0 bridgehead atoms. The zero-order chi connectivity index (χ0) is 19.7. The lowest BCUT2D eigenvalue weighted by Gasteiger charge is -2.18. The van der Waals surface area contributed by atoms with E-state index in [2.05, 4.69) is 0 Å². The Morgan fingerprint density at radius 2 is 1.89 bits per heavy atom. The van der Waals surface area contributed by atoms with E-state index < -0.39 is 12.1 Å². The van der Waals surface area contributed by atoms with E-state index in [-0.39, 0.29) is 23.8 Å². The van der Waals surface area contributed by atoms with Crippen molar-refractivity contribution in [3.63, 3.8) is 0 Å². The summed E-state index contributed by atoms with van der Waals surface area (Å²) in [6.45, 7) is 5.90. The van der Waals surface area contributed by atoms with Gasteiger partial charge in [-0.2, -0.15) is 0 Å². The van der Waals surface area contributed by atoms with Crippen molar-refractivity contribution in [3.05, 3.63) is 63.7 Å². The molecule has 27 heavy (non-hydrogen) atoms. The van der Waals surface area contributed by atoms with E-state index in [4.69, 9.17) is 4.74 Å². The third kappa shape index (κ3) is 3.28. The van der Waals surface area contributed by atoms with Crippen molar-refractivity contribution >= 4 is 11.9 Å². The highest BCUT2D eigenvalue weighted by atomic mass is 16.5. The van der Waals surface area contributed by atoms with Gasteiger partial charge in [0.05, 0.1) is 6.61 Å². The highest BCUT2D eigenvalue weighted by molar-refractivity contribution is 6.01. The molecule has 1 atom stereocenters. The summed E-state index contributed by atoms with van der Waals surface area (Å²) in [5.74, 6) is -1.19. The molecule has 2 aromatic rings. The van der Waals surface area contributed by atoms with Crippen LogP contribution in [0.1, 0.15) is 51.2 Å². The Morgan fingerprint density at radius 3 is 2.52 bits per heavy atom. The maximum absolute atomic E-state index is 13.0. The van der Waals surface area contributed by atoms with Crippen LogP contribution in [0.2, 0.25) is 0 Å². The van der Waals surface area contributed by atoms with E-state index in [1.165, 1.54) is 0 Å². The SMILES string of the molecule is CCOC(=O)C(O)c1c(C)c2c(c(C)c1O)CN(Cc1ccccc1)C2=O. The maximum Gasteiger partial charge on any atom is 0.339 e. The van der Waals surface area contributed by atoms with Gasteiger partial charge in [-0.3, -0.25) is 4.79 Å². The molecule has 1 unspecified atom stereocenters. The van der Waals surface area contributed by atoms with E-state index in [1.807, 2.05) is 30.3 Å². The standard InChI is InChI=1S/C21H23NO5/c1-4-27-21(26)19(24)17-13(3)16-15(12(2)18(17)23)11-22(20(16)25)10-14-8-6-5-7-9-14/h5-9,19,23-24H,4,10-11H2,1-3H3. The molecule has 6 heteroatoms. The summed E-state index contributed by atoms with van der Waals surface area (Å²) < 4.78 is 4.86. The van der Waals surface area contributed by atoms with Crippen molar-refractivity contribution in [2.75, 3.05) is 6.61 Å². The van der Waals surface area contributed by atoms with Gasteiger partial charge >= 0.3 is 5.97 Å². The van der Waals surface area contributed by atoms with Gasteiger partial charge in [-0.15, -0.1) is 0 Å². The minimum atomic E-state index is -1.63. The Bertz CT molecular complexity index is 891. The van der Waals surface area contributed by atoms with Crippen LogP contribution < -0.4 is 0 Å². The highest BCUT2D eigenvalue weighted by Crippen LogP contribution is 2.40. The lowest BCUT2D eigenvalue weighted by molar-refractivity contribution is -0.153. The fraction of sp³-hybridized carbons (Fsp3) is 0.333. The predicted octanol–water partition coefficient (Wildman–Crippen LogP) is 2.76. The van der Waals surface area contributed by atoms with Gasteiger partial charge in [0.2, 0.25) is 0 Å². The second-order valence-corrected chi connectivity index (χ2v) is 6.67. The van der Waals surface area contributed by atoms with E-state index in [0.29, 0.717) is 29.8 Å². The number of hydrogen-bond acceptors (Lipinski definition) is 5. The summed E-state index contributed by atoms with van der Waals surface area (Å²) in [7, 11) is 0. The zero-order valence-corrected chi connectivity index (χ0v) is 15.7. The molecule has 0 fully saturated rings. The minimum absolute atomic E-state index is 0.0413. The first-order chi connectivity index (χ1) is 12.9. The van der Waals surface area contributed by atoms with Gasteiger partial charge in [0.15, 0.2) is 6.10 Å². The lowest BCUT2D eigenvalue weighted by atomic mass is 9.90. The topological polar surface area (TPSA) is 87.1 Å². The fourth-order valence-corrected chi connectivity index (χ4v) is 3.58. The van der Waals surface area contributed by atoms with Crippen LogP contribution in [0.3, 0.4) is 0 Å². The van der Waals surface area contributed by atoms with Crippen LogP contribution in [0.15, 0.2) is 30.3 Å². The van der Waals surface area contributed by atoms with Crippen LogP contribution in [0.5, 0.6) is 5.75 Å². The van der Waals surface area contributed by atoms with Crippen molar-refractivity contribution in [2.45, 2.75) is 40.0 Å². The second kappa shape index (κ2) is 7.40. The van der Waals surface area contributed by atoms with Crippen LogP contribution >= 0.6 is 0 Å². The number of carbonyl (C=O) groups is 2. The summed E-state index contributed by atoms with van der Waals surface area (Å²) in [5.41, 5.74) is 3.13. The monoisotopic (exact) mass is 369 g/mol.